The van der Waals surface area contributed by atoms with Crippen LogP contribution in [0.4, 0.5) is 4.39 Å². The SMILES string of the molecule is COC(=O)c1c(C)c(C(=O)[C@@H](C)N(C2CC2)S(=O)(=O)c2ccc(F)cc2)c(C)n1C. The van der Waals surface area contributed by atoms with Crippen molar-refractivity contribution in [3.8, 4) is 0 Å². The van der Waals surface area contributed by atoms with Crippen molar-refractivity contribution in [3.05, 3.63) is 52.6 Å². The Balaban J connectivity index is 2.04. The van der Waals surface area contributed by atoms with E-state index < -0.39 is 33.6 Å². The molecule has 162 valence electrons. The molecule has 0 saturated heterocycles. The minimum absolute atomic E-state index is 0.0628. The van der Waals surface area contributed by atoms with Crippen LogP contribution in [0.1, 0.15) is 51.9 Å². The number of carbonyl (C=O) groups is 2. The number of Topliss-reactive ketones (excluding diaryl/α,β-unsaturated/α-hetero) is 1. The second-order valence-corrected chi connectivity index (χ2v) is 9.39. The maximum atomic E-state index is 13.4. The molecule has 1 heterocycles. The first kappa shape index (κ1) is 22.2. The molecule has 7 nitrogen and oxygen atoms in total. The molecule has 0 spiro atoms. The predicted molar refractivity (Wildman–Crippen MR) is 108 cm³/mol. The van der Waals surface area contributed by atoms with Gasteiger partial charge in [-0.15, -0.1) is 0 Å². The lowest BCUT2D eigenvalue weighted by Gasteiger charge is -2.27. The van der Waals surface area contributed by atoms with Crippen molar-refractivity contribution in [2.24, 2.45) is 7.05 Å². The third kappa shape index (κ3) is 3.67. The van der Waals surface area contributed by atoms with E-state index in [1.807, 2.05) is 0 Å². The minimum Gasteiger partial charge on any atom is -0.464 e. The lowest BCUT2D eigenvalue weighted by molar-refractivity contribution is 0.0588. The van der Waals surface area contributed by atoms with Gasteiger partial charge in [0.25, 0.3) is 0 Å². The largest absolute Gasteiger partial charge is 0.464 e. The standard InChI is InChI=1S/C21H25FN2O5S/c1-12-18(13(2)23(4)19(12)21(26)29-5)20(25)14(3)24(16-8-9-16)30(27,28)17-10-6-15(22)7-11-17/h6-7,10-11,14,16H,8-9H2,1-5H3/t14-/m1/s1. The van der Waals surface area contributed by atoms with E-state index in [9.17, 15) is 22.4 Å². The molecule has 0 N–H and O–H groups in total. The lowest BCUT2D eigenvalue weighted by atomic mass is 10.0. The van der Waals surface area contributed by atoms with Crippen LogP contribution < -0.4 is 0 Å². The smallest absolute Gasteiger partial charge is 0.354 e. The molecular formula is C21H25FN2O5S. The van der Waals surface area contributed by atoms with E-state index in [-0.39, 0.29) is 16.6 Å². The van der Waals surface area contributed by atoms with Gasteiger partial charge in [0.1, 0.15) is 11.5 Å². The number of sulfonamides is 1. The van der Waals surface area contributed by atoms with Gasteiger partial charge < -0.3 is 9.30 Å². The van der Waals surface area contributed by atoms with Crippen molar-refractivity contribution in [1.82, 2.24) is 8.87 Å². The van der Waals surface area contributed by atoms with Crippen molar-refractivity contribution in [3.63, 3.8) is 0 Å². The Hall–Kier alpha value is -2.52. The van der Waals surface area contributed by atoms with Crippen LogP contribution >= 0.6 is 0 Å². The molecule has 30 heavy (non-hydrogen) atoms. The Morgan fingerprint density at radius 1 is 1.20 bits per heavy atom. The van der Waals surface area contributed by atoms with Gasteiger partial charge in [-0.3, -0.25) is 4.79 Å². The number of ether oxygens (including phenoxy) is 1. The van der Waals surface area contributed by atoms with Crippen LogP contribution in [0.5, 0.6) is 0 Å². The molecule has 9 heteroatoms. The second-order valence-electron chi connectivity index (χ2n) is 7.54. The highest BCUT2D eigenvalue weighted by molar-refractivity contribution is 7.89. The van der Waals surface area contributed by atoms with E-state index in [4.69, 9.17) is 4.74 Å². The molecule has 1 saturated carbocycles. The zero-order valence-electron chi connectivity index (χ0n) is 17.6. The first-order valence-corrected chi connectivity index (χ1v) is 11.0. The molecule has 1 aromatic carbocycles. The van der Waals surface area contributed by atoms with Crippen LogP contribution in [0.3, 0.4) is 0 Å². The van der Waals surface area contributed by atoms with Crippen LogP contribution in [0.25, 0.3) is 0 Å². The monoisotopic (exact) mass is 436 g/mol. The number of aromatic nitrogens is 1. The van der Waals surface area contributed by atoms with Crippen LogP contribution in [-0.4, -0.2) is 48.2 Å². The van der Waals surface area contributed by atoms with Gasteiger partial charge in [0.2, 0.25) is 10.0 Å². The number of esters is 1. The fourth-order valence-corrected chi connectivity index (χ4v) is 5.67. The Bertz CT molecular complexity index is 1100. The summed E-state index contributed by atoms with van der Waals surface area (Å²) in [6.45, 7) is 4.90. The number of ketones is 1. The average molecular weight is 437 g/mol. The van der Waals surface area contributed by atoms with Crippen molar-refractivity contribution in [2.75, 3.05) is 7.11 Å². The van der Waals surface area contributed by atoms with Crippen LogP contribution in [0.15, 0.2) is 29.2 Å². The topological polar surface area (TPSA) is 85.7 Å². The Morgan fingerprint density at radius 3 is 2.27 bits per heavy atom. The molecule has 1 aromatic heterocycles. The van der Waals surface area contributed by atoms with Gasteiger partial charge in [-0.2, -0.15) is 4.31 Å². The highest BCUT2D eigenvalue weighted by atomic mass is 32.2. The second kappa shape index (κ2) is 7.96. The Morgan fingerprint density at radius 2 is 1.77 bits per heavy atom. The summed E-state index contributed by atoms with van der Waals surface area (Å²) in [5, 5.41) is 0. The summed E-state index contributed by atoms with van der Waals surface area (Å²) in [7, 11) is -1.09. The highest BCUT2D eigenvalue weighted by Crippen LogP contribution is 2.36. The number of carbonyl (C=O) groups excluding carboxylic acids is 2. The maximum Gasteiger partial charge on any atom is 0.354 e. The summed E-state index contributed by atoms with van der Waals surface area (Å²) in [5.41, 5.74) is 1.57. The number of rotatable bonds is 7. The van der Waals surface area contributed by atoms with E-state index in [0.29, 0.717) is 29.7 Å². The van der Waals surface area contributed by atoms with Crippen LogP contribution in [-0.2, 0) is 21.8 Å². The number of hydrogen-bond acceptors (Lipinski definition) is 5. The molecular weight excluding hydrogens is 411 g/mol. The third-order valence-corrected chi connectivity index (χ3v) is 7.65. The van der Waals surface area contributed by atoms with Gasteiger partial charge in [-0.25, -0.2) is 17.6 Å². The van der Waals surface area contributed by atoms with Crippen molar-refractivity contribution in [1.29, 1.82) is 0 Å². The first-order valence-electron chi connectivity index (χ1n) is 9.59. The number of benzene rings is 1. The summed E-state index contributed by atoms with van der Waals surface area (Å²) in [6, 6.07) is 3.29. The third-order valence-electron chi connectivity index (χ3n) is 5.61. The van der Waals surface area contributed by atoms with E-state index in [1.165, 1.54) is 23.5 Å². The molecule has 0 radical (unpaired) electrons. The number of nitrogens with zero attached hydrogens (tertiary/aromatic N) is 2. The zero-order chi connectivity index (χ0) is 22.4. The van der Waals surface area contributed by atoms with E-state index in [0.717, 1.165) is 12.1 Å². The lowest BCUT2D eigenvalue weighted by Crippen LogP contribution is -2.45. The number of halogens is 1. The molecule has 2 aromatic rings. The predicted octanol–water partition coefficient (Wildman–Crippen LogP) is 2.99. The summed E-state index contributed by atoms with van der Waals surface area (Å²) in [6.07, 6.45) is 1.30. The van der Waals surface area contributed by atoms with Gasteiger partial charge in [-0.1, -0.05) is 0 Å². The Kier molecular flexibility index (Phi) is 5.88. The summed E-state index contributed by atoms with van der Waals surface area (Å²) < 4.78 is 47.4. The van der Waals surface area contributed by atoms with Crippen molar-refractivity contribution in [2.45, 2.75) is 50.6 Å². The molecule has 0 amide bonds. The van der Waals surface area contributed by atoms with E-state index >= 15 is 0 Å². The maximum absolute atomic E-state index is 13.4. The summed E-state index contributed by atoms with van der Waals surface area (Å²) >= 11 is 0. The normalized spacial score (nSPS) is 15.3. The van der Waals surface area contributed by atoms with Gasteiger partial charge in [0.05, 0.1) is 18.0 Å². The molecule has 0 unspecified atom stereocenters. The number of hydrogen-bond donors (Lipinski definition) is 0. The van der Waals surface area contributed by atoms with E-state index in [1.54, 1.807) is 32.4 Å². The highest BCUT2D eigenvalue weighted by Gasteiger charge is 2.44. The number of methoxy groups -OCH3 is 1. The first-order chi connectivity index (χ1) is 14.0. The molecule has 3 rings (SSSR count). The molecule has 1 aliphatic rings. The molecule has 1 atom stereocenters. The summed E-state index contributed by atoms with van der Waals surface area (Å²) in [5.74, 6) is -1.50. The fourth-order valence-electron chi connectivity index (χ4n) is 3.83. The van der Waals surface area contributed by atoms with Gasteiger partial charge >= 0.3 is 5.97 Å². The minimum atomic E-state index is -4.01. The van der Waals surface area contributed by atoms with Gasteiger partial charge in [-0.05, 0) is 63.4 Å². The Labute approximate surface area is 175 Å². The van der Waals surface area contributed by atoms with Crippen molar-refractivity contribution < 1.29 is 27.1 Å². The van der Waals surface area contributed by atoms with Crippen LogP contribution in [0.2, 0.25) is 0 Å². The molecule has 0 aliphatic heterocycles. The summed E-state index contributed by atoms with van der Waals surface area (Å²) in [4.78, 5) is 25.5. The van der Waals surface area contributed by atoms with Crippen LogP contribution in [0, 0.1) is 19.7 Å². The zero-order valence-corrected chi connectivity index (χ0v) is 18.4. The van der Waals surface area contributed by atoms with E-state index in [2.05, 4.69) is 0 Å². The molecule has 0 bridgehead atoms. The van der Waals surface area contributed by atoms with Gasteiger partial charge in [0, 0.05) is 24.3 Å². The molecule has 1 fully saturated rings. The van der Waals surface area contributed by atoms with Gasteiger partial charge in [0.15, 0.2) is 5.78 Å². The van der Waals surface area contributed by atoms with Crippen molar-refractivity contribution >= 4 is 21.8 Å². The fraction of sp³-hybridized carbons (Fsp3) is 0.429. The molecule has 1 aliphatic carbocycles. The quantitative estimate of drug-likeness (QED) is 0.492. The average Bonchev–Trinajstić information content (AvgIpc) is 3.49.